The molecule has 0 heterocycles. The first-order chi connectivity index (χ1) is 9.58. The van der Waals surface area contributed by atoms with Crippen molar-refractivity contribution in [3.63, 3.8) is 0 Å². The predicted molar refractivity (Wildman–Crippen MR) is 80.1 cm³/mol. The Hall–Kier alpha value is -1.79. The van der Waals surface area contributed by atoms with Crippen molar-refractivity contribution in [3.8, 4) is 0 Å². The second kappa shape index (κ2) is 8.39. The standard InChI is InChI=1S/C14H23N3O3/c1-17(8-9-19-2)7-6-16-13-5-4-11(10-12(13)15)14(18)20-3/h4-5,10,16H,6-9,15H2,1-3H3. The first-order valence-electron chi connectivity index (χ1n) is 6.47. The van der Waals surface area contributed by atoms with Crippen molar-refractivity contribution in [1.29, 1.82) is 0 Å². The zero-order valence-corrected chi connectivity index (χ0v) is 12.3. The van der Waals surface area contributed by atoms with Gasteiger partial charge in [0.1, 0.15) is 0 Å². The van der Waals surface area contributed by atoms with Crippen LogP contribution >= 0.6 is 0 Å². The molecule has 0 unspecified atom stereocenters. The quantitative estimate of drug-likeness (QED) is 0.548. The molecule has 112 valence electrons. The number of likely N-dealkylation sites (N-methyl/N-ethyl adjacent to an activating group) is 1. The number of nitrogens with one attached hydrogen (secondary N) is 1. The Morgan fingerprint density at radius 1 is 1.35 bits per heavy atom. The molecule has 0 aliphatic carbocycles. The molecule has 6 heteroatoms. The monoisotopic (exact) mass is 281 g/mol. The highest BCUT2D eigenvalue weighted by Crippen LogP contribution is 2.20. The van der Waals surface area contributed by atoms with Gasteiger partial charge in [-0.3, -0.25) is 0 Å². The molecule has 0 amide bonds. The lowest BCUT2D eigenvalue weighted by atomic mass is 10.1. The molecule has 1 rings (SSSR count). The van der Waals surface area contributed by atoms with Crippen LogP contribution in [0.5, 0.6) is 0 Å². The summed E-state index contributed by atoms with van der Waals surface area (Å²) in [5, 5.41) is 3.24. The number of anilines is 2. The summed E-state index contributed by atoms with van der Waals surface area (Å²) in [7, 11) is 5.07. The van der Waals surface area contributed by atoms with E-state index in [1.807, 2.05) is 7.05 Å². The Labute approximate surface area is 119 Å². The number of nitrogens with two attached hydrogens (primary N) is 1. The number of hydrogen-bond donors (Lipinski definition) is 2. The van der Waals surface area contributed by atoms with E-state index in [0.29, 0.717) is 17.9 Å². The van der Waals surface area contributed by atoms with Crippen LogP contribution < -0.4 is 11.1 Å². The van der Waals surface area contributed by atoms with Gasteiger partial charge >= 0.3 is 5.97 Å². The van der Waals surface area contributed by atoms with Crippen LogP contribution in [0.1, 0.15) is 10.4 Å². The highest BCUT2D eigenvalue weighted by atomic mass is 16.5. The fourth-order valence-corrected chi connectivity index (χ4v) is 1.71. The molecule has 0 radical (unpaired) electrons. The zero-order chi connectivity index (χ0) is 15.0. The molecule has 1 aromatic rings. The Morgan fingerprint density at radius 2 is 2.10 bits per heavy atom. The normalized spacial score (nSPS) is 10.6. The highest BCUT2D eigenvalue weighted by Gasteiger charge is 2.08. The van der Waals surface area contributed by atoms with Crippen LogP contribution in [0.2, 0.25) is 0 Å². The van der Waals surface area contributed by atoms with E-state index in [2.05, 4.69) is 15.0 Å². The number of benzene rings is 1. The van der Waals surface area contributed by atoms with E-state index in [9.17, 15) is 4.79 Å². The molecule has 20 heavy (non-hydrogen) atoms. The van der Waals surface area contributed by atoms with Crippen LogP contribution in [0.4, 0.5) is 11.4 Å². The number of carbonyl (C=O) groups excluding carboxylic acids is 1. The molecule has 0 saturated heterocycles. The first kappa shape index (κ1) is 16.3. The summed E-state index contributed by atoms with van der Waals surface area (Å²) in [6, 6.07) is 5.10. The van der Waals surface area contributed by atoms with Gasteiger partial charge in [-0.25, -0.2) is 4.79 Å². The van der Waals surface area contributed by atoms with Crippen molar-refractivity contribution >= 4 is 17.3 Å². The predicted octanol–water partition coefficient (Wildman–Crippen LogP) is 1.05. The molecule has 0 atom stereocenters. The smallest absolute Gasteiger partial charge is 0.337 e. The highest BCUT2D eigenvalue weighted by molar-refractivity contribution is 5.91. The number of nitrogens with zero attached hydrogens (tertiary/aromatic N) is 1. The van der Waals surface area contributed by atoms with Crippen LogP contribution in [-0.2, 0) is 9.47 Å². The van der Waals surface area contributed by atoms with Crippen LogP contribution in [0.3, 0.4) is 0 Å². The van der Waals surface area contributed by atoms with Gasteiger partial charge in [0.2, 0.25) is 0 Å². The Morgan fingerprint density at radius 3 is 2.70 bits per heavy atom. The van der Waals surface area contributed by atoms with E-state index in [0.717, 1.165) is 25.3 Å². The zero-order valence-electron chi connectivity index (χ0n) is 12.3. The molecule has 0 aliphatic heterocycles. The molecule has 1 aromatic carbocycles. The lowest BCUT2D eigenvalue weighted by Crippen LogP contribution is -2.28. The maximum atomic E-state index is 11.4. The fraction of sp³-hybridized carbons (Fsp3) is 0.500. The molecule has 0 saturated carbocycles. The van der Waals surface area contributed by atoms with Crippen molar-refractivity contribution in [1.82, 2.24) is 4.90 Å². The van der Waals surface area contributed by atoms with Gasteiger partial charge in [-0.1, -0.05) is 0 Å². The van der Waals surface area contributed by atoms with E-state index in [1.54, 1.807) is 25.3 Å². The van der Waals surface area contributed by atoms with Crippen molar-refractivity contribution < 1.29 is 14.3 Å². The summed E-state index contributed by atoms with van der Waals surface area (Å²) in [6.45, 7) is 3.24. The average molecular weight is 281 g/mol. The van der Waals surface area contributed by atoms with E-state index in [-0.39, 0.29) is 5.97 Å². The molecule has 6 nitrogen and oxygen atoms in total. The molecule has 0 fully saturated rings. The number of rotatable bonds is 8. The maximum Gasteiger partial charge on any atom is 0.337 e. The van der Waals surface area contributed by atoms with Gasteiger partial charge in [-0.2, -0.15) is 0 Å². The van der Waals surface area contributed by atoms with Crippen molar-refractivity contribution in [2.24, 2.45) is 0 Å². The van der Waals surface area contributed by atoms with Gasteiger partial charge in [0.05, 0.1) is 30.7 Å². The molecule has 0 bridgehead atoms. The minimum Gasteiger partial charge on any atom is -0.465 e. The number of nitrogen functional groups attached to an aromatic ring is 1. The lowest BCUT2D eigenvalue weighted by molar-refractivity contribution is 0.0601. The van der Waals surface area contributed by atoms with Gasteiger partial charge in [0.15, 0.2) is 0 Å². The molecular formula is C14H23N3O3. The Kier molecular flexibility index (Phi) is 6.83. The van der Waals surface area contributed by atoms with E-state index < -0.39 is 0 Å². The third-order valence-electron chi connectivity index (χ3n) is 2.96. The van der Waals surface area contributed by atoms with Gasteiger partial charge in [0.25, 0.3) is 0 Å². The summed E-state index contributed by atoms with van der Waals surface area (Å²) >= 11 is 0. The Bertz CT molecular complexity index is 438. The molecule has 0 aromatic heterocycles. The van der Waals surface area contributed by atoms with Crippen LogP contribution in [0, 0.1) is 0 Å². The topological polar surface area (TPSA) is 76.8 Å². The van der Waals surface area contributed by atoms with E-state index in [4.69, 9.17) is 10.5 Å². The molecular weight excluding hydrogens is 258 g/mol. The number of hydrogen-bond acceptors (Lipinski definition) is 6. The second-order valence-corrected chi connectivity index (χ2v) is 4.52. The summed E-state index contributed by atoms with van der Waals surface area (Å²) in [4.78, 5) is 13.5. The largest absolute Gasteiger partial charge is 0.465 e. The van der Waals surface area contributed by atoms with Crippen molar-refractivity contribution in [3.05, 3.63) is 23.8 Å². The summed E-state index contributed by atoms with van der Waals surface area (Å²) in [5.74, 6) is -0.387. The third-order valence-corrected chi connectivity index (χ3v) is 2.96. The fourth-order valence-electron chi connectivity index (χ4n) is 1.71. The van der Waals surface area contributed by atoms with Gasteiger partial charge in [-0.15, -0.1) is 0 Å². The second-order valence-electron chi connectivity index (χ2n) is 4.52. The number of esters is 1. The summed E-state index contributed by atoms with van der Waals surface area (Å²) in [6.07, 6.45) is 0. The molecule has 0 aliphatic rings. The van der Waals surface area contributed by atoms with Crippen LogP contribution in [0.15, 0.2) is 18.2 Å². The molecule has 3 N–H and O–H groups in total. The maximum absolute atomic E-state index is 11.4. The van der Waals surface area contributed by atoms with E-state index >= 15 is 0 Å². The van der Waals surface area contributed by atoms with Gasteiger partial charge in [0, 0.05) is 26.7 Å². The summed E-state index contributed by atoms with van der Waals surface area (Å²) in [5.41, 5.74) is 7.71. The third kappa shape index (κ3) is 5.07. The number of ether oxygens (including phenoxy) is 2. The summed E-state index contributed by atoms with van der Waals surface area (Å²) < 4.78 is 9.66. The van der Waals surface area contributed by atoms with E-state index in [1.165, 1.54) is 7.11 Å². The first-order valence-corrected chi connectivity index (χ1v) is 6.47. The van der Waals surface area contributed by atoms with Gasteiger partial charge < -0.3 is 25.4 Å². The van der Waals surface area contributed by atoms with Crippen molar-refractivity contribution in [2.45, 2.75) is 0 Å². The number of methoxy groups -OCH3 is 2. The van der Waals surface area contributed by atoms with Crippen molar-refractivity contribution in [2.75, 3.05) is 58.6 Å². The number of carbonyl (C=O) groups is 1. The van der Waals surface area contributed by atoms with Crippen LogP contribution in [0.25, 0.3) is 0 Å². The minimum atomic E-state index is -0.387. The molecule has 0 spiro atoms. The minimum absolute atomic E-state index is 0.387. The van der Waals surface area contributed by atoms with Gasteiger partial charge in [-0.05, 0) is 25.2 Å². The average Bonchev–Trinajstić information content (AvgIpc) is 2.45. The SMILES string of the molecule is COCCN(C)CCNc1ccc(C(=O)OC)cc1N. The Balaban J connectivity index is 2.46. The van der Waals surface area contributed by atoms with Crippen LogP contribution in [-0.4, -0.2) is 58.4 Å². The lowest BCUT2D eigenvalue weighted by Gasteiger charge is -2.17.